The van der Waals surface area contributed by atoms with Crippen LogP contribution in [0.2, 0.25) is 0 Å². The van der Waals surface area contributed by atoms with Crippen molar-refractivity contribution in [3.05, 3.63) is 11.1 Å². The van der Waals surface area contributed by atoms with Crippen molar-refractivity contribution in [1.82, 2.24) is 10.3 Å². The molecule has 104 valence electrons. The van der Waals surface area contributed by atoms with Crippen LogP contribution in [0.15, 0.2) is 5.38 Å². The third-order valence-electron chi connectivity index (χ3n) is 3.45. The number of nitrogens with zero attached hydrogens (tertiary/aromatic N) is 2. The van der Waals surface area contributed by atoms with Crippen molar-refractivity contribution < 1.29 is 0 Å². The van der Waals surface area contributed by atoms with Gasteiger partial charge in [-0.15, -0.1) is 11.3 Å². The molecular formula is C14H27N3S. The largest absolute Gasteiger partial charge is 0.348 e. The minimum atomic E-state index is 0.352. The summed E-state index contributed by atoms with van der Waals surface area (Å²) in [5, 5.41) is 6.81. The Morgan fingerprint density at radius 2 is 2.00 bits per heavy atom. The SMILES string of the molecule is CCCNC(C)c1csc(N(C)C(CC)CC)n1. The normalized spacial score (nSPS) is 13.0. The van der Waals surface area contributed by atoms with Crippen molar-refractivity contribution >= 4 is 16.5 Å². The minimum absolute atomic E-state index is 0.352. The van der Waals surface area contributed by atoms with Crippen LogP contribution in [0.3, 0.4) is 0 Å². The van der Waals surface area contributed by atoms with Gasteiger partial charge < -0.3 is 10.2 Å². The topological polar surface area (TPSA) is 28.2 Å². The second kappa shape index (κ2) is 7.74. The standard InChI is InChI=1S/C14H27N3S/c1-6-9-15-11(4)13-10-18-14(16-13)17(5)12(7-2)8-3/h10-12,15H,6-9H2,1-5H3. The zero-order valence-corrected chi connectivity index (χ0v) is 13.2. The van der Waals surface area contributed by atoms with E-state index >= 15 is 0 Å². The molecule has 1 N–H and O–H groups in total. The van der Waals surface area contributed by atoms with Gasteiger partial charge in [0.25, 0.3) is 0 Å². The highest BCUT2D eigenvalue weighted by molar-refractivity contribution is 7.13. The van der Waals surface area contributed by atoms with Crippen LogP contribution in [0, 0.1) is 0 Å². The molecule has 0 aromatic carbocycles. The second-order valence-electron chi connectivity index (χ2n) is 4.81. The summed E-state index contributed by atoms with van der Waals surface area (Å²) < 4.78 is 0. The number of anilines is 1. The van der Waals surface area contributed by atoms with Crippen LogP contribution in [0.4, 0.5) is 5.13 Å². The Morgan fingerprint density at radius 1 is 1.33 bits per heavy atom. The fourth-order valence-corrected chi connectivity index (χ4v) is 3.05. The first-order valence-corrected chi connectivity index (χ1v) is 7.93. The third kappa shape index (κ3) is 3.95. The van der Waals surface area contributed by atoms with Gasteiger partial charge in [-0.1, -0.05) is 20.8 Å². The maximum Gasteiger partial charge on any atom is 0.185 e. The summed E-state index contributed by atoms with van der Waals surface area (Å²) in [5.74, 6) is 0. The van der Waals surface area contributed by atoms with Gasteiger partial charge in [0, 0.05) is 24.5 Å². The van der Waals surface area contributed by atoms with Crippen LogP contribution in [-0.2, 0) is 0 Å². The van der Waals surface area contributed by atoms with E-state index in [1.165, 1.54) is 18.5 Å². The van der Waals surface area contributed by atoms with E-state index in [1.807, 2.05) is 0 Å². The Morgan fingerprint density at radius 3 is 2.56 bits per heavy atom. The molecule has 1 aromatic heterocycles. The van der Waals surface area contributed by atoms with E-state index < -0.39 is 0 Å². The summed E-state index contributed by atoms with van der Waals surface area (Å²) >= 11 is 1.75. The lowest BCUT2D eigenvalue weighted by atomic mass is 10.1. The molecule has 0 amide bonds. The van der Waals surface area contributed by atoms with Crippen molar-refractivity contribution in [2.75, 3.05) is 18.5 Å². The van der Waals surface area contributed by atoms with Crippen LogP contribution in [0.5, 0.6) is 0 Å². The molecule has 4 heteroatoms. The lowest BCUT2D eigenvalue weighted by Crippen LogP contribution is -2.30. The fourth-order valence-electron chi connectivity index (χ4n) is 2.10. The minimum Gasteiger partial charge on any atom is -0.348 e. The average molecular weight is 269 g/mol. The van der Waals surface area contributed by atoms with Crippen molar-refractivity contribution in [1.29, 1.82) is 0 Å². The molecule has 1 heterocycles. The molecule has 0 fully saturated rings. The van der Waals surface area contributed by atoms with E-state index in [0.717, 1.165) is 18.1 Å². The van der Waals surface area contributed by atoms with Crippen LogP contribution < -0.4 is 10.2 Å². The highest BCUT2D eigenvalue weighted by Gasteiger charge is 2.16. The Balaban J connectivity index is 2.67. The third-order valence-corrected chi connectivity index (χ3v) is 4.40. The molecule has 0 saturated heterocycles. The Bertz CT molecular complexity index is 334. The van der Waals surface area contributed by atoms with Crippen LogP contribution in [0.25, 0.3) is 0 Å². The molecule has 18 heavy (non-hydrogen) atoms. The van der Waals surface area contributed by atoms with Gasteiger partial charge in [-0.05, 0) is 32.7 Å². The molecule has 0 radical (unpaired) electrons. The molecule has 1 aromatic rings. The summed E-state index contributed by atoms with van der Waals surface area (Å²) in [4.78, 5) is 7.08. The highest BCUT2D eigenvalue weighted by atomic mass is 32.1. The van der Waals surface area contributed by atoms with E-state index in [4.69, 9.17) is 4.98 Å². The lowest BCUT2D eigenvalue weighted by Gasteiger charge is -2.25. The molecule has 1 rings (SSSR count). The van der Waals surface area contributed by atoms with E-state index in [2.05, 4.69) is 50.3 Å². The molecule has 3 nitrogen and oxygen atoms in total. The first-order valence-electron chi connectivity index (χ1n) is 7.05. The van der Waals surface area contributed by atoms with Gasteiger partial charge in [-0.3, -0.25) is 0 Å². The summed E-state index contributed by atoms with van der Waals surface area (Å²) in [6.07, 6.45) is 3.51. The smallest absolute Gasteiger partial charge is 0.185 e. The van der Waals surface area contributed by atoms with E-state index in [0.29, 0.717) is 12.1 Å². The number of nitrogens with one attached hydrogen (secondary N) is 1. The number of thiazole rings is 1. The predicted molar refractivity (Wildman–Crippen MR) is 81.6 cm³/mol. The zero-order valence-electron chi connectivity index (χ0n) is 12.4. The lowest BCUT2D eigenvalue weighted by molar-refractivity contribution is 0.557. The Kier molecular flexibility index (Phi) is 6.65. The van der Waals surface area contributed by atoms with Crippen LogP contribution in [-0.4, -0.2) is 24.6 Å². The van der Waals surface area contributed by atoms with Gasteiger partial charge in [0.2, 0.25) is 0 Å². The first-order chi connectivity index (χ1) is 8.63. The zero-order chi connectivity index (χ0) is 13.5. The molecule has 0 spiro atoms. The Hall–Kier alpha value is -0.610. The molecule has 0 bridgehead atoms. The maximum absolute atomic E-state index is 4.76. The van der Waals surface area contributed by atoms with Crippen molar-refractivity contribution in [3.63, 3.8) is 0 Å². The summed E-state index contributed by atoms with van der Waals surface area (Å²) in [7, 11) is 2.16. The van der Waals surface area contributed by atoms with Gasteiger partial charge >= 0.3 is 0 Å². The number of hydrogen-bond acceptors (Lipinski definition) is 4. The number of rotatable bonds is 8. The van der Waals surface area contributed by atoms with Crippen LogP contribution >= 0.6 is 11.3 Å². The summed E-state index contributed by atoms with van der Waals surface area (Å²) in [6.45, 7) is 9.91. The average Bonchev–Trinajstić information content (AvgIpc) is 2.86. The number of hydrogen-bond donors (Lipinski definition) is 1. The van der Waals surface area contributed by atoms with E-state index in [9.17, 15) is 0 Å². The monoisotopic (exact) mass is 269 g/mol. The van der Waals surface area contributed by atoms with Crippen molar-refractivity contribution in [2.45, 2.75) is 59.0 Å². The summed E-state index contributed by atoms with van der Waals surface area (Å²) in [6, 6.07) is 0.952. The predicted octanol–water partition coefficient (Wildman–Crippen LogP) is 3.83. The van der Waals surface area contributed by atoms with Gasteiger partial charge in [0.15, 0.2) is 5.13 Å². The van der Waals surface area contributed by atoms with Crippen molar-refractivity contribution in [2.24, 2.45) is 0 Å². The van der Waals surface area contributed by atoms with E-state index in [-0.39, 0.29) is 0 Å². The second-order valence-corrected chi connectivity index (χ2v) is 5.65. The van der Waals surface area contributed by atoms with Crippen LogP contribution in [0.1, 0.15) is 58.7 Å². The number of aromatic nitrogens is 1. The van der Waals surface area contributed by atoms with E-state index in [1.54, 1.807) is 11.3 Å². The fraction of sp³-hybridized carbons (Fsp3) is 0.786. The molecule has 0 aliphatic carbocycles. The van der Waals surface area contributed by atoms with Gasteiger partial charge in [-0.25, -0.2) is 4.98 Å². The first kappa shape index (κ1) is 15.4. The Labute approximate surface area is 116 Å². The molecule has 0 saturated carbocycles. The molecule has 0 aliphatic rings. The quantitative estimate of drug-likeness (QED) is 0.777. The molecular weight excluding hydrogens is 242 g/mol. The maximum atomic E-state index is 4.76. The van der Waals surface area contributed by atoms with Gasteiger partial charge in [0.1, 0.15) is 0 Å². The molecule has 1 unspecified atom stereocenters. The van der Waals surface area contributed by atoms with Crippen molar-refractivity contribution in [3.8, 4) is 0 Å². The highest BCUT2D eigenvalue weighted by Crippen LogP contribution is 2.26. The molecule has 0 aliphatic heterocycles. The molecule has 1 atom stereocenters. The van der Waals surface area contributed by atoms with Gasteiger partial charge in [-0.2, -0.15) is 0 Å². The summed E-state index contributed by atoms with van der Waals surface area (Å²) in [5.41, 5.74) is 1.17. The van der Waals surface area contributed by atoms with Gasteiger partial charge in [0.05, 0.1) is 5.69 Å².